The van der Waals surface area contributed by atoms with Gasteiger partial charge >= 0.3 is 0 Å². The van der Waals surface area contributed by atoms with Crippen LogP contribution in [0.5, 0.6) is 5.75 Å². The molecule has 2 aromatic rings. The van der Waals surface area contributed by atoms with E-state index in [1.165, 1.54) is 0 Å². The Hall–Kier alpha value is -2.68. The molecule has 0 spiro atoms. The van der Waals surface area contributed by atoms with Crippen LogP contribution in [-0.4, -0.2) is 17.1 Å². The van der Waals surface area contributed by atoms with Crippen molar-refractivity contribution in [2.45, 2.75) is 13.8 Å². The highest BCUT2D eigenvalue weighted by Crippen LogP contribution is 2.15. The fraction of sp³-hybridized carbons (Fsp3) is 0.111. The van der Waals surface area contributed by atoms with Gasteiger partial charge in [-0.3, -0.25) is 9.79 Å². The van der Waals surface area contributed by atoms with Crippen molar-refractivity contribution in [1.29, 1.82) is 0 Å². The molecule has 2 aromatic carbocycles. The third-order valence-electron chi connectivity index (χ3n) is 2.98. The van der Waals surface area contributed by atoms with Gasteiger partial charge in [-0.15, -0.1) is 0 Å². The van der Waals surface area contributed by atoms with E-state index in [2.05, 4.69) is 4.99 Å². The number of phenolic OH excluding ortho intramolecular Hbond substituents is 1. The fourth-order valence-electron chi connectivity index (χ4n) is 1.83. The molecule has 0 bridgehead atoms. The zero-order valence-corrected chi connectivity index (χ0v) is 12.1. The van der Waals surface area contributed by atoms with E-state index in [9.17, 15) is 9.90 Å². The number of aromatic hydroxyl groups is 1. The lowest BCUT2D eigenvalue weighted by atomic mass is 10.1. The van der Waals surface area contributed by atoms with Crippen LogP contribution in [0, 0.1) is 0 Å². The Morgan fingerprint density at radius 3 is 2.19 bits per heavy atom. The van der Waals surface area contributed by atoms with Crippen molar-refractivity contribution in [1.82, 2.24) is 0 Å². The van der Waals surface area contributed by atoms with E-state index in [0.717, 1.165) is 16.8 Å². The van der Waals surface area contributed by atoms with Gasteiger partial charge in [-0.2, -0.15) is 0 Å². The van der Waals surface area contributed by atoms with Gasteiger partial charge in [0.05, 0.1) is 5.69 Å². The summed E-state index contributed by atoms with van der Waals surface area (Å²) in [6.45, 7) is 3.50. The Kier molecular flexibility index (Phi) is 4.67. The highest BCUT2D eigenvalue weighted by Gasteiger charge is 1.97. The monoisotopic (exact) mass is 279 g/mol. The van der Waals surface area contributed by atoms with Gasteiger partial charge in [0.2, 0.25) is 0 Å². The number of nitrogens with zero attached hydrogens (tertiary/aromatic N) is 1. The van der Waals surface area contributed by atoms with Crippen molar-refractivity contribution < 1.29 is 9.90 Å². The Morgan fingerprint density at radius 1 is 1.00 bits per heavy atom. The van der Waals surface area contributed by atoms with E-state index < -0.39 is 0 Å². The highest BCUT2D eigenvalue weighted by molar-refractivity contribution is 5.94. The minimum Gasteiger partial charge on any atom is -0.508 e. The van der Waals surface area contributed by atoms with Crippen molar-refractivity contribution in [3.63, 3.8) is 0 Å². The number of Topliss-reactive ketones (excluding diaryl/α,β-unsaturated/α-hetero) is 1. The van der Waals surface area contributed by atoms with Crippen molar-refractivity contribution in [2.75, 3.05) is 0 Å². The molecule has 3 heteroatoms. The number of hydrogen-bond acceptors (Lipinski definition) is 3. The molecule has 106 valence electrons. The second kappa shape index (κ2) is 6.66. The van der Waals surface area contributed by atoms with Crippen molar-refractivity contribution >= 4 is 23.8 Å². The second-order valence-electron chi connectivity index (χ2n) is 4.84. The second-order valence-corrected chi connectivity index (χ2v) is 4.84. The summed E-state index contributed by atoms with van der Waals surface area (Å²) in [4.78, 5) is 15.6. The average molecular weight is 279 g/mol. The molecule has 0 aromatic heterocycles. The van der Waals surface area contributed by atoms with Crippen molar-refractivity contribution in [2.24, 2.45) is 4.99 Å². The standard InChI is InChI=1S/C18H17NO2/c1-13(11-15-3-9-18(21)10-4-15)12-19-17-7-5-16(6-8-17)14(2)20/h3-12,21H,1-2H3/b13-11+,19-12+. The first-order valence-electron chi connectivity index (χ1n) is 6.67. The molecule has 0 aliphatic heterocycles. The van der Waals surface area contributed by atoms with Gasteiger partial charge in [-0.1, -0.05) is 18.2 Å². The molecule has 3 nitrogen and oxygen atoms in total. The highest BCUT2D eigenvalue weighted by atomic mass is 16.3. The summed E-state index contributed by atoms with van der Waals surface area (Å²) in [5, 5.41) is 9.23. The number of benzene rings is 2. The van der Waals surface area contributed by atoms with E-state index in [-0.39, 0.29) is 11.5 Å². The zero-order chi connectivity index (χ0) is 15.2. The van der Waals surface area contributed by atoms with Crippen LogP contribution < -0.4 is 0 Å². The molecule has 0 saturated carbocycles. The van der Waals surface area contributed by atoms with Gasteiger partial charge in [0.15, 0.2) is 5.78 Å². The summed E-state index contributed by atoms with van der Waals surface area (Å²) in [7, 11) is 0. The van der Waals surface area contributed by atoms with Crippen LogP contribution >= 0.6 is 0 Å². The molecule has 0 heterocycles. The number of carbonyl (C=O) groups is 1. The maximum Gasteiger partial charge on any atom is 0.159 e. The van der Waals surface area contributed by atoms with E-state index in [0.29, 0.717) is 5.56 Å². The quantitative estimate of drug-likeness (QED) is 0.666. The number of allylic oxidation sites excluding steroid dienone is 1. The summed E-state index contributed by atoms with van der Waals surface area (Å²) in [5.74, 6) is 0.304. The van der Waals surface area contributed by atoms with Crippen LogP contribution in [0.15, 0.2) is 59.1 Å². The van der Waals surface area contributed by atoms with Gasteiger partial charge in [-0.05, 0) is 61.4 Å². The average Bonchev–Trinajstić information content (AvgIpc) is 2.48. The molecule has 0 radical (unpaired) electrons. The Labute approximate surface area is 124 Å². The number of rotatable bonds is 4. The molecular formula is C18H17NO2. The minimum absolute atomic E-state index is 0.0499. The first kappa shape index (κ1) is 14.7. The molecule has 0 aliphatic rings. The molecular weight excluding hydrogens is 262 g/mol. The lowest BCUT2D eigenvalue weighted by Crippen LogP contribution is -1.89. The zero-order valence-electron chi connectivity index (χ0n) is 12.1. The molecule has 1 N–H and O–H groups in total. The Balaban J connectivity index is 2.09. The molecule has 2 rings (SSSR count). The third kappa shape index (κ3) is 4.42. The van der Waals surface area contributed by atoms with Crippen LogP contribution in [0.4, 0.5) is 5.69 Å². The minimum atomic E-state index is 0.0499. The van der Waals surface area contributed by atoms with Gasteiger partial charge in [-0.25, -0.2) is 0 Å². The van der Waals surface area contributed by atoms with E-state index in [1.807, 2.05) is 37.3 Å². The summed E-state index contributed by atoms with van der Waals surface area (Å²) < 4.78 is 0. The summed E-state index contributed by atoms with van der Waals surface area (Å²) in [6, 6.07) is 14.2. The molecule has 0 aliphatic carbocycles. The molecule has 0 unspecified atom stereocenters. The molecule has 0 saturated heterocycles. The summed E-state index contributed by atoms with van der Waals surface area (Å²) >= 11 is 0. The molecule has 21 heavy (non-hydrogen) atoms. The van der Waals surface area contributed by atoms with Gasteiger partial charge in [0, 0.05) is 11.8 Å². The Morgan fingerprint density at radius 2 is 1.62 bits per heavy atom. The number of aliphatic imine (C=N–C) groups is 1. The molecule has 0 fully saturated rings. The topological polar surface area (TPSA) is 49.7 Å². The largest absolute Gasteiger partial charge is 0.508 e. The van der Waals surface area contributed by atoms with Gasteiger partial charge in [0.25, 0.3) is 0 Å². The predicted octanol–water partition coefficient (Wildman–Crippen LogP) is 4.40. The number of phenols is 1. The van der Waals surface area contributed by atoms with Crippen molar-refractivity contribution in [3.05, 3.63) is 65.2 Å². The molecule has 0 amide bonds. The third-order valence-corrected chi connectivity index (χ3v) is 2.98. The number of carbonyl (C=O) groups excluding carboxylic acids is 1. The van der Waals surface area contributed by atoms with Crippen LogP contribution in [0.25, 0.3) is 6.08 Å². The van der Waals surface area contributed by atoms with E-state index in [4.69, 9.17) is 0 Å². The van der Waals surface area contributed by atoms with Crippen LogP contribution in [0.3, 0.4) is 0 Å². The number of ketones is 1. The maximum absolute atomic E-state index is 11.2. The van der Waals surface area contributed by atoms with Crippen LogP contribution in [-0.2, 0) is 0 Å². The molecule has 0 atom stereocenters. The SMILES string of the molecule is CC(=O)c1ccc(/N=C/C(C)=C/c2ccc(O)cc2)cc1. The smallest absolute Gasteiger partial charge is 0.159 e. The predicted molar refractivity (Wildman–Crippen MR) is 86.4 cm³/mol. The maximum atomic E-state index is 11.2. The first-order valence-corrected chi connectivity index (χ1v) is 6.67. The summed E-state index contributed by atoms with van der Waals surface area (Å²) in [6.07, 6.45) is 3.75. The van der Waals surface area contributed by atoms with E-state index in [1.54, 1.807) is 37.4 Å². The number of hydrogen-bond donors (Lipinski definition) is 1. The summed E-state index contributed by atoms with van der Waals surface area (Å²) in [5.41, 5.74) is 3.49. The van der Waals surface area contributed by atoms with Gasteiger partial charge < -0.3 is 5.11 Å². The first-order chi connectivity index (χ1) is 10.0. The van der Waals surface area contributed by atoms with Gasteiger partial charge in [0.1, 0.15) is 5.75 Å². The lowest BCUT2D eigenvalue weighted by molar-refractivity contribution is 0.101. The Bertz CT molecular complexity index is 680. The van der Waals surface area contributed by atoms with Crippen LogP contribution in [0.1, 0.15) is 29.8 Å². The van der Waals surface area contributed by atoms with E-state index >= 15 is 0 Å². The van der Waals surface area contributed by atoms with Crippen molar-refractivity contribution in [3.8, 4) is 5.75 Å². The normalized spacial score (nSPS) is 11.8. The van der Waals surface area contributed by atoms with Crippen LogP contribution in [0.2, 0.25) is 0 Å². The lowest BCUT2D eigenvalue weighted by Gasteiger charge is -1.98. The fourth-order valence-corrected chi connectivity index (χ4v) is 1.83.